The van der Waals surface area contributed by atoms with E-state index in [1.807, 2.05) is 0 Å². The molecule has 0 fully saturated rings. The van der Waals surface area contributed by atoms with Crippen molar-refractivity contribution >= 4 is 33.8 Å². The van der Waals surface area contributed by atoms with E-state index in [9.17, 15) is 0 Å². The van der Waals surface area contributed by atoms with E-state index >= 15 is 0 Å². The number of hydrogen-bond donors (Lipinski definition) is 3. The first-order chi connectivity index (χ1) is 3.73. The van der Waals surface area contributed by atoms with Crippen molar-refractivity contribution < 1.29 is 33.9 Å². The van der Waals surface area contributed by atoms with Gasteiger partial charge in [0.15, 0.2) is 0 Å². The second-order valence-corrected chi connectivity index (χ2v) is 2.21. The van der Waals surface area contributed by atoms with Crippen LogP contribution in [0, 0.1) is 0 Å². The normalized spacial score (nSPS) is 9.50. The van der Waals surface area contributed by atoms with Gasteiger partial charge in [-0.2, -0.15) is 0 Å². The zero-order valence-corrected chi connectivity index (χ0v) is 7.39. The van der Waals surface area contributed by atoms with Crippen LogP contribution in [0.1, 0.15) is 0 Å². The summed E-state index contributed by atoms with van der Waals surface area (Å²) in [6.07, 6.45) is 0. The second-order valence-electron chi connectivity index (χ2n) is 0.737. The first-order valence-corrected chi connectivity index (χ1v) is 3.99. The van der Waals surface area contributed by atoms with E-state index in [4.69, 9.17) is 33.9 Å². The van der Waals surface area contributed by atoms with Gasteiger partial charge in [0.1, 0.15) is 0 Å². The van der Waals surface area contributed by atoms with Crippen molar-refractivity contribution in [2.24, 2.45) is 0 Å². The van der Waals surface area contributed by atoms with Crippen molar-refractivity contribution in [1.29, 1.82) is 0 Å². The number of hydrogen-bond acceptors (Lipinski definition) is 4. The van der Waals surface area contributed by atoms with Crippen molar-refractivity contribution in [3.63, 3.8) is 0 Å². The van der Waals surface area contributed by atoms with Gasteiger partial charge >= 0.3 is 25.2 Å². The van der Waals surface area contributed by atoms with Gasteiger partial charge in [-0.15, -0.1) is 0 Å². The standard InChI is InChI=1S/Al.H3O4P.O3P/c;1-5(2,3)4;1-4(2)3/h;(H3,1,2,3,4);/q+3;;-3. The van der Waals surface area contributed by atoms with E-state index in [1.54, 1.807) is 0 Å². The molecule has 0 aliphatic rings. The molecule has 7 nitrogen and oxygen atoms in total. The third-order valence-corrected chi connectivity index (χ3v) is 0. The molecule has 10 heteroatoms. The smallest absolute Gasteiger partial charge is 0.854 e. The van der Waals surface area contributed by atoms with Crippen LogP contribution in [0.25, 0.3) is 0 Å². The summed E-state index contributed by atoms with van der Waals surface area (Å²) in [7, 11) is -8.01. The fraction of sp³-hybridized carbons (Fsp3) is 0. The molecule has 3 N–H and O–H groups in total. The minimum atomic E-state index is -4.64. The molecule has 58 valence electrons. The maximum Gasteiger partial charge on any atom is 3.00 e. The summed E-state index contributed by atoms with van der Waals surface area (Å²) < 4.78 is 8.88. The molecule has 0 saturated carbocycles. The third-order valence-electron chi connectivity index (χ3n) is 0. The molecule has 0 aromatic rings. The molecule has 0 heterocycles. The summed E-state index contributed by atoms with van der Waals surface area (Å²) in [5, 5.41) is 0. The van der Waals surface area contributed by atoms with Gasteiger partial charge in [0.25, 0.3) is 0 Å². The average molecular weight is 204 g/mol. The summed E-state index contributed by atoms with van der Waals surface area (Å²) in [4.78, 5) is 47.0. The SMILES string of the molecule is O=P(O)(O)O.[Al+3].[O-]P([O-])[O-]. The molecule has 0 atom stereocenters. The van der Waals surface area contributed by atoms with E-state index in [-0.39, 0.29) is 17.4 Å². The molecule has 0 rings (SSSR count). The molecule has 0 aliphatic carbocycles. The van der Waals surface area contributed by atoms with Gasteiger partial charge in [0.2, 0.25) is 0 Å². The van der Waals surface area contributed by atoms with E-state index in [1.165, 1.54) is 0 Å². The maximum atomic E-state index is 8.88. The van der Waals surface area contributed by atoms with Crippen molar-refractivity contribution in [3.8, 4) is 0 Å². The van der Waals surface area contributed by atoms with E-state index in [2.05, 4.69) is 0 Å². The van der Waals surface area contributed by atoms with Gasteiger partial charge in [-0.1, -0.05) is 0 Å². The number of phosphoric acid groups is 1. The fourth-order valence-corrected chi connectivity index (χ4v) is 0. The Labute approximate surface area is 68.3 Å². The monoisotopic (exact) mass is 204 g/mol. The Kier molecular flexibility index (Phi) is 13.8. The topological polar surface area (TPSA) is 147 Å². The van der Waals surface area contributed by atoms with E-state index in [0.29, 0.717) is 0 Å². The quantitative estimate of drug-likeness (QED) is 0.269. The van der Waals surface area contributed by atoms with Crippen LogP contribution in [-0.2, 0) is 4.57 Å². The van der Waals surface area contributed by atoms with Crippen molar-refractivity contribution in [2.45, 2.75) is 0 Å². The first-order valence-electron chi connectivity index (χ1n) is 1.33. The van der Waals surface area contributed by atoms with Gasteiger partial charge < -0.3 is 38.0 Å². The van der Waals surface area contributed by atoms with Crippen molar-refractivity contribution in [1.82, 2.24) is 0 Å². The molecule has 0 aromatic heterocycles. The Bertz CT molecular complexity index is 82.8. The largest absolute Gasteiger partial charge is 3.00 e. The van der Waals surface area contributed by atoms with Crippen LogP contribution < -0.4 is 14.7 Å². The zero-order chi connectivity index (χ0) is 8.08. The van der Waals surface area contributed by atoms with Crippen LogP contribution in [-0.4, -0.2) is 32.0 Å². The maximum absolute atomic E-state index is 8.88. The summed E-state index contributed by atoms with van der Waals surface area (Å²) in [5.74, 6) is 0. The van der Waals surface area contributed by atoms with Gasteiger partial charge in [-0.3, -0.25) is 0 Å². The number of rotatable bonds is 0. The first kappa shape index (κ1) is 17.2. The zero-order valence-electron chi connectivity index (χ0n) is 4.45. The van der Waals surface area contributed by atoms with E-state index in [0.717, 1.165) is 0 Å². The molecule has 0 radical (unpaired) electrons. The summed E-state index contributed by atoms with van der Waals surface area (Å²) in [6, 6.07) is 0. The minimum Gasteiger partial charge on any atom is -0.854 e. The third kappa shape index (κ3) is 624. The molecular weight excluding hydrogens is 201 g/mol. The molecule has 0 amide bonds. The van der Waals surface area contributed by atoms with Gasteiger partial charge in [0.05, 0.1) is 0 Å². The Morgan fingerprint density at radius 3 is 1.10 bits per heavy atom. The summed E-state index contributed by atoms with van der Waals surface area (Å²) >= 11 is 0. The molecule has 0 unspecified atom stereocenters. The van der Waals surface area contributed by atoms with Crippen LogP contribution in [0.15, 0.2) is 0 Å². The fourth-order valence-electron chi connectivity index (χ4n) is 0. The van der Waals surface area contributed by atoms with Gasteiger partial charge in [-0.25, -0.2) is 4.57 Å². The summed E-state index contributed by atoms with van der Waals surface area (Å²) in [5.41, 5.74) is 0. The molecule has 10 heavy (non-hydrogen) atoms. The van der Waals surface area contributed by atoms with Crippen molar-refractivity contribution in [2.75, 3.05) is 0 Å². The van der Waals surface area contributed by atoms with Crippen LogP contribution in [0.5, 0.6) is 0 Å². The molecular formula is H3AlO7P2. The van der Waals surface area contributed by atoms with Crippen LogP contribution >= 0.6 is 16.4 Å². The second kappa shape index (κ2) is 8.05. The average Bonchev–Trinajstić information content (AvgIpc) is 1.19. The van der Waals surface area contributed by atoms with Crippen LogP contribution in [0.2, 0.25) is 0 Å². The van der Waals surface area contributed by atoms with E-state index < -0.39 is 16.4 Å². The van der Waals surface area contributed by atoms with Crippen LogP contribution in [0.3, 0.4) is 0 Å². The Balaban J connectivity index is -0.0000000910. The Morgan fingerprint density at radius 1 is 1.10 bits per heavy atom. The van der Waals surface area contributed by atoms with Crippen LogP contribution in [0.4, 0.5) is 0 Å². The van der Waals surface area contributed by atoms with Gasteiger partial charge in [-0.05, 0) is 0 Å². The summed E-state index contributed by atoms with van der Waals surface area (Å²) in [6.45, 7) is 0. The minimum absolute atomic E-state index is 0. The molecule has 0 aliphatic heterocycles. The van der Waals surface area contributed by atoms with Gasteiger partial charge in [0, 0.05) is 0 Å². The predicted molar refractivity (Wildman–Crippen MR) is 26.9 cm³/mol. The molecule has 0 saturated heterocycles. The molecule has 0 aromatic carbocycles. The Hall–Kier alpha value is 0.952. The Morgan fingerprint density at radius 2 is 1.10 bits per heavy atom. The van der Waals surface area contributed by atoms with Crippen molar-refractivity contribution in [3.05, 3.63) is 0 Å². The molecule has 0 spiro atoms. The predicted octanol–water partition coefficient (Wildman–Crippen LogP) is -4.02. The molecule has 0 bridgehead atoms.